The fraction of sp³-hybridized carbons (Fsp3) is 0.200. The van der Waals surface area contributed by atoms with Crippen LogP contribution in [-0.4, -0.2) is 34.8 Å². The van der Waals surface area contributed by atoms with Gasteiger partial charge in [0.15, 0.2) is 16.7 Å². The van der Waals surface area contributed by atoms with Crippen molar-refractivity contribution in [3.63, 3.8) is 0 Å². The molecule has 0 aliphatic carbocycles. The number of carbonyl (C=O) groups excluding carboxylic acids is 1. The third-order valence-electron chi connectivity index (χ3n) is 4.08. The number of rotatable bonds is 5. The fourth-order valence-corrected chi connectivity index (χ4v) is 3.55. The monoisotopic (exact) mass is 381 g/mol. The predicted octanol–water partition coefficient (Wildman–Crippen LogP) is 3.89. The number of thioether (sulfide) groups is 1. The number of ether oxygens (including phenoxy) is 2. The first-order valence-corrected chi connectivity index (χ1v) is 9.62. The van der Waals surface area contributed by atoms with Crippen molar-refractivity contribution in [2.24, 2.45) is 0 Å². The van der Waals surface area contributed by atoms with Gasteiger partial charge < -0.3 is 19.8 Å². The quantitative estimate of drug-likeness (QED) is 0.656. The minimum atomic E-state index is -0.105. The molecule has 1 aliphatic heterocycles. The van der Waals surface area contributed by atoms with Gasteiger partial charge >= 0.3 is 0 Å². The van der Waals surface area contributed by atoms with Gasteiger partial charge in [0, 0.05) is 23.0 Å². The maximum Gasteiger partial charge on any atom is 0.234 e. The molecular weight excluding hydrogens is 362 g/mol. The minimum absolute atomic E-state index is 0.105. The summed E-state index contributed by atoms with van der Waals surface area (Å²) in [6, 6.07) is 15.4. The van der Waals surface area contributed by atoms with E-state index in [0.717, 1.165) is 22.1 Å². The SMILES string of the molecule is Cc1[nH]c(SCC(=O)Nc2ccc3c(c2)OCCO3)nc1-c1ccccc1. The summed E-state index contributed by atoms with van der Waals surface area (Å²) in [5.41, 5.74) is 3.63. The van der Waals surface area contributed by atoms with Crippen molar-refractivity contribution in [3.05, 3.63) is 54.2 Å². The molecule has 0 bridgehead atoms. The summed E-state index contributed by atoms with van der Waals surface area (Å²) in [7, 11) is 0. The predicted molar refractivity (Wildman–Crippen MR) is 106 cm³/mol. The highest BCUT2D eigenvalue weighted by Crippen LogP contribution is 2.32. The number of anilines is 1. The number of aryl methyl sites for hydroxylation is 1. The van der Waals surface area contributed by atoms with Crippen LogP contribution in [0.4, 0.5) is 5.69 Å². The van der Waals surface area contributed by atoms with Crippen molar-refractivity contribution >= 4 is 23.4 Å². The molecule has 3 aromatic rings. The van der Waals surface area contributed by atoms with Crippen molar-refractivity contribution in [1.82, 2.24) is 9.97 Å². The van der Waals surface area contributed by atoms with Crippen LogP contribution in [0.2, 0.25) is 0 Å². The number of aromatic amines is 1. The van der Waals surface area contributed by atoms with Gasteiger partial charge in [-0.05, 0) is 19.1 Å². The summed E-state index contributed by atoms with van der Waals surface area (Å²) in [4.78, 5) is 20.1. The molecule has 0 spiro atoms. The van der Waals surface area contributed by atoms with Crippen molar-refractivity contribution in [1.29, 1.82) is 0 Å². The second kappa shape index (κ2) is 7.75. The lowest BCUT2D eigenvalue weighted by Crippen LogP contribution is -2.17. The molecule has 138 valence electrons. The Bertz CT molecular complexity index is 956. The van der Waals surface area contributed by atoms with Crippen LogP contribution in [-0.2, 0) is 4.79 Å². The lowest BCUT2D eigenvalue weighted by molar-refractivity contribution is -0.113. The number of amides is 1. The summed E-state index contributed by atoms with van der Waals surface area (Å²) in [5.74, 6) is 1.51. The number of hydrogen-bond donors (Lipinski definition) is 2. The topological polar surface area (TPSA) is 76.2 Å². The van der Waals surface area contributed by atoms with Crippen LogP contribution in [0, 0.1) is 6.92 Å². The van der Waals surface area contributed by atoms with E-state index in [1.54, 1.807) is 18.2 Å². The molecule has 6 nitrogen and oxygen atoms in total. The van der Waals surface area contributed by atoms with E-state index in [1.165, 1.54) is 11.8 Å². The highest BCUT2D eigenvalue weighted by Gasteiger charge is 2.14. The van der Waals surface area contributed by atoms with Gasteiger partial charge in [-0.25, -0.2) is 4.98 Å². The average Bonchev–Trinajstić information content (AvgIpc) is 3.08. The molecule has 4 rings (SSSR count). The number of fused-ring (bicyclic) bond motifs is 1. The van der Waals surface area contributed by atoms with E-state index in [2.05, 4.69) is 15.3 Å². The maximum atomic E-state index is 12.3. The summed E-state index contributed by atoms with van der Waals surface area (Å²) in [5, 5.41) is 3.60. The molecule has 0 unspecified atom stereocenters. The van der Waals surface area contributed by atoms with Crippen LogP contribution in [0.5, 0.6) is 11.5 Å². The number of nitrogens with zero attached hydrogens (tertiary/aromatic N) is 1. The summed E-state index contributed by atoms with van der Waals surface area (Å²) in [6.45, 7) is 3.04. The fourth-order valence-electron chi connectivity index (χ4n) is 2.83. The smallest absolute Gasteiger partial charge is 0.234 e. The highest BCUT2D eigenvalue weighted by atomic mass is 32.2. The first-order valence-electron chi connectivity index (χ1n) is 8.63. The van der Waals surface area contributed by atoms with Crippen LogP contribution >= 0.6 is 11.8 Å². The van der Waals surface area contributed by atoms with Crippen LogP contribution in [0.1, 0.15) is 5.69 Å². The molecule has 0 saturated carbocycles. The van der Waals surface area contributed by atoms with Crippen LogP contribution in [0.15, 0.2) is 53.7 Å². The largest absolute Gasteiger partial charge is 0.486 e. The molecule has 1 aromatic heterocycles. The Balaban J connectivity index is 1.37. The van der Waals surface area contributed by atoms with Gasteiger partial charge in [0.1, 0.15) is 13.2 Å². The zero-order valence-electron chi connectivity index (χ0n) is 14.8. The number of nitrogens with one attached hydrogen (secondary N) is 2. The third kappa shape index (κ3) is 4.09. The minimum Gasteiger partial charge on any atom is -0.486 e. The number of benzene rings is 2. The Hall–Kier alpha value is -2.93. The molecule has 2 N–H and O–H groups in total. The molecule has 0 fully saturated rings. The second-order valence-electron chi connectivity index (χ2n) is 6.08. The second-order valence-corrected chi connectivity index (χ2v) is 7.04. The number of H-pyrrole nitrogens is 1. The van der Waals surface area contributed by atoms with Crippen LogP contribution in [0.3, 0.4) is 0 Å². The molecule has 27 heavy (non-hydrogen) atoms. The van der Waals surface area contributed by atoms with Crippen LogP contribution in [0.25, 0.3) is 11.3 Å². The van der Waals surface area contributed by atoms with E-state index in [-0.39, 0.29) is 11.7 Å². The zero-order chi connectivity index (χ0) is 18.6. The molecule has 0 radical (unpaired) electrons. The van der Waals surface area contributed by atoms with Gasteiger partial charge in [-0.3, -0.25) is 4.79 Å². The van der Waals surface area contributed by atoms with Gasteiger partial charge in [0.25, 0.3) is 0 Å². The summed E-state index contributed by atoms with van der Waals surface area (Å²) < 4.78 is 11.0. The Labute approximate surface area is 161 Å². The van der Waals surface area contributed by atoms with Crippen molar-refractivity contribution in [2.75, 3.05) is 24.3 Å². The standard InChI is InChI=1S/C20H19N3O3S/c1-13-19(14-5-3-2-4-6-14)23-20(21-13)27-12-18(24)22-15-7-8-16-17(11-15)26-10-9-25-16/h2-8,11H,9-10,12H2,1H3,(H,21,23)(H,22,24). The maximum absolute atomic E-state index is 12.3. The van der Waals surface area contributed by atoms with Crippen molar-refractivity contribution in [3.8, 4) is 22.8 Å². The molecule has 2 aromatic carbocycles. The number of aromatic nitrogens is 2. The van der Waals surface area contributed by atoms with Crippen LogP contribution < -0.4 is 14.8 Å². The third-order valence-corrected chi connectivity index (χ3v) is 4.95. The Morgan fingerprint density at radius 1 is 1.15 bits per heavy atom. The zero-order valence-corrected chi connectivity index (χ0v) is 15.6. The lowest BCUT2D eigenvalue weighted by Gasteiger charge is -2.18. The molecular formula is C20H19N3O3S. The number of carbonyl (C=O) groups is 1. The van der Waals surface area contributed by atoms with E-state index >= 15 is 0 Å². The highest BCUT2D eigenvalue weighted by molar-refractivity contribution is 7.99. The van der Waals surface area contributed by atoms with E-state index in [0.29, 0.717) is 30.4 Å². The van der Waals surface area contributed by atoms with Gasteiger partial charge in [-0.2, -0.15) is 0 Å². The normalized spacial score (nSPS) is 12.6. The average molecular weight is 381 g/mol. The molecule has 0 atom stereocenters. The first kappa shape index (κ1) is 17.5. The Kier molecular flexibility index (Phi) is 5.02. The molecule has 2 heterocycles. The van der Waals surface area contributed by atoms with E-state index < -0.39 is 0 Å². The number of hydrogen-bond acceptors (Lipinski definition) is 5. The Morgan fingerprint density at radius 3 is 2.74 bits per heavy atom. The Morgan fingerprint density at radius 2 is 1.93 bits per heavy atom. The lowest BCUT2D eigenvalue weighted by atomic mass is 10.1. The van der Waals surface area contributed by atoms with Gasteiger partial charge in [0.05, 0.1) is 11.4 Å². The first-order chi connectivity index (χ1) is 13.2. The summed E-state index contributed by atoms with van der Waals surface area (Å²) >= 11 is 1.37. The van der Waals surface area contributed by atoms with Gasteiger partial charge in [-0.1, -0.05) is 42.1 Å². The number of imidazole rings is 1. The van der Waals surface area contributed by atoms with Crippen molar-refractivity contribution in [2.45, 2.75) is 12.1 Å². The van der Waals surface area contributed by atoms with Gasteiger partial charge in [-0.15, -0.1) is 0 Å². The van der Waals surface area contributed by atoms with E-state index in [9.17, 15) is 4.79 Å². The van der Waals surface area contributed by atoms with Crippen molar-refractivity contribution < 1.29 is 14.3 Å². The molecule has 7 heteroatoms. The summed E-state index contributed by atoms with van der Waals surface area (Å²) in [6.07, 6.45) is 0. The molecule has 0 saturated heterocycles. The molecule has 1 aliphatic rings. The molecule has 1 amide bonds. The van der Waals surface area contributed by atoms with E-state index in [1.807, 2.05) is 37.3 Å². The van der Waals surface area contributed by atoms with Gasteiger partial charge in [0.2, 0.25) is 5.91 Å². The van der Waals surface area contributed by atoms with E-state index in [4.69, 9.17) is 9.47 Å².